The number of nitrogens with one attached hydrogen (secondary N) is 2. The molecule has 0 fully saturated rings. The molecule has 0 saturated heterocycles. The summed E-state index contributed by atoms with van der Waals surface area (Å²) in [6, 6.07) is 6.01. The van der Waals surface area contributed by atoms with Crippen LogP contribution in [0.5, 0.6) is 0 Å². The van der Waals surface area contributed by atoms with Crippen LogP contribution in [0.3, 0.4) is 0 Å². The van der Waals surface area contributed by atoms with E-state index >= 15 is 0 Å². The lowest BCUT2D eigenvalue weighted by molar-refractivity contribution is 0.833. The molecule has 0 radical (unpaired) electrons. The number of aromatic nitrogens is 3. The van der Waals surface area contributed by atoms with Crippen molar-refractivity contribution in [1.29, 1.82) is 0 Å². The van der Waals surface area contributed by atoms with E-state index in [-0.39, 0.29) is 0 Å². The Kier molecular flexibility index (Phi) is 5.94. The molecule has 2 aromatic rings. The summed E-state index contributed by atoms with van der Waals surface area (Å²) in [5.41, 5.74) is 1.22. The highest BCUT2D eigenvalue weighted by molar-refractivity contribution is 5.47. The Hall–Kier alpha value is -2.17. The lowest BCUT2D eigenvalue weighted by atomic mass is 10.2. The first kappa shape index (κ1) is 15.2. The Labute approximate surface area is 126 Å². The molecule has 0 aliphatic heterocycles. The van der Waals surface area contributed by atoms with Gasteiger partial charge in [0.2, 0.25) is 0 Å². The van der Waals surface area contributed by atoms with Gasteiger partial charge in [0.25, 0.3) is 0 Å². The van der Waals surface area contributed by atoms with Gasteiger partial charge >= 0.3 is 0 Å². The Bertz CT molecular complexity index is 517. The highest BCUT2D eigenvalue weighted by Gasteiger charge is 2.03. The van der Waals surface area contributed by atoms with Crippen molar-refractivity contribution in [2.24, 2.45) is 0 Å². The molecule has 112 valence electrons. The number of aryl methyl sites for hydroxylation is 1. The van der Waals surface area contributed by atoms with Crippen LogP contribution in [-0.2, 0) is 12.8 Å². The third-order valence-electron chi connectivity index (χ3n) is 3.05. The summed E-state index contributed by atoms with van der Waals surface area (Å²) in [6.07, 6.45) is 6.56. The molecule has 2 heterocycles. The van der Waals surface area contributed by atoms with Crippen LogP contribution in [0.4, 0.5) is 11.6 Å². The van der Waals surface area contributed by atoms with E-state index in [0.29, 0.717) is 0 Å². The van der Waals surface area contributed by atoms with Crippen molar-refractivity contribution in [1.82, 2.24) is 15.0 Å². The number of nitrogens with zero attached hydrogens (tertiary/aromatic N) is 3. The Morgan fingerprint density at radius 1 is 1.05 bits per heavy atom. The molecule has 0 bridgehead atoms. The number of hydrogen-bond donors (Lipinski definition) is 2. The van der Waals surface area contributed by atoms with Crippen molar-refractivity contribution in [3.8, 4) is 0 Å². The van der Waals surface area contributed by atoms with Gasteiger partial charge < -0.3 is 10.6 Å². The molecular formula is C16H23N5. The summed E-state index contributed by atoms with van der Waals surface area (Å²) in [5.74, 6) is 2.66. The summed E-state index contributed by atoms with van der Waals surface area (Å²) >= 11 is 0. The Morgan fingerprint density at radius 2 is 1.86 bits per heavy atom. The highest BCUT2D eigenvalue weighted by atomic mass is 15.1. The van der Waals surface area contributed by atoms with Crippen LogP contribution in [0.2, 0.25) is 0 Å². The Morgan fingerprint density at radius 3 is 2.52 bits per heavy atom. The minimum absolute atomic E-state index is 0.833. The molecule has 0 saturated carbocycles. The molecule has 0 aromatic carbocycles. The fourth-order valence-electron chi connectivity index (χ4n) is 2.08. The molecule has 2 aromatic heterocycles. The predicted octanol–water partition coefficient (Wildman–Crippen LogP) is 2.91. The second-order valence-electron chi connectivity index (χ2n) is 4.87. The van der Waals surface area contributed by atoms with Crippen LogP contribution in [0, 0.1) is 0 Å². The third-order valence-corrected chi connectivity index (χ3v) is 3.05. The van der Waals surface area contributed by atoms with E-state index in [0.717, 1.165) is 49.8 Å². The standard InChI is InChI=1S/C16H23N5/c1-3-6-14-20-15(18-4-2)11-16(21-14)19-10-8-13-7-5-9-17-12-13/h5,7,9,11-12H,3-4,6,8,10H2,1-2H3,(H2,18,19,20,21). The number of rotatable bonds is 8. The zero-order chi connectivity index (χ0) is 14.9. The predicted molar refractivity (Wildman–Crippen MR) is 86.6 cm³/mol. The minimum atomic E-state index is 0.833. The summed E-state index contributed by atoms with van der Waals surface area (Å²) < 4.78 is 0. The minimum Gasteiger partial charge on any atom is -0.370 e. The average Bonchev–Trinajstić information content (AvgIpc) is 2.49. The van der Waals surface area contributed by atoms with E-state index < -0.39 is 0 Å². The molecule has 0 aliphatic rings. The normalized spacial score (nSPS) is 10.4. The first-order valence-corrected chi connectivity index (χ1v) is 7.56. The number of pyridine rings is 1. The Balaban J connectivity index is 1.97. The second kappa shape index (κ2) is 8.19. The maximum atomic E-state index is 4.56. The molecule has 21 heavy (non-hydrogen) atoms. The van der Waals surface area contributed by atoms with Gasteiger partial charge in [-0.15, -0.1) is 0 Å². The van der Waals surface area contributed by atoms with Gasteiger partial charge in [0.1, 0.15) is 17.5 Å². The summed E-state index contributed by atoms with van der Waals surface area (Å²) in [7, 11) is 0. The molecule has 5 nitrogen and oxygen atoms in total. The van der Waals surface area contributed by atoms with Crippen molar-refractivity contribution in [2.75, 3.05) is 23.7 Å². The van der Waals surface area contributed by atoms with Gasteiger partial charge in [-0.3, -0.25) is 4.98 Å². The van der Waals surface area contributed by atoms with Crippen LogP contribution in [0.25, 0.3) is 0 Å². The molecular weight excluding hydrogens is 262 g/mol. The molecule has 2 N–H and O–H groups in total. The fraction of sp³-hybridized carbons (Fsp3) is 0.438. The second-order valence-corrected chi connectivity index (χ2v) is 4.87. The fourth-order valence-corrected chi connectivity index (χ4v) is 2.08. The maximum Gasteiger partial charge on any atom is 0.133 e. The summed E-state index contributed by atoms with van der Waals surface area (Å²) in [5, 5.41) is 6.63. The number of anilines is 2. The molecule has 5 heteroatoms. The van der Waals surface area contributed by atoms with Gasteiger partial charge in [0.15, 0.2) is 0 Å². The van der Waals surface area contributed by atoms with Gasteiger partial charge in [0.05, 0.1) is 0 Å². The largest absolute Gasteiger partial charge is 0.370 e. The van der Waals surface area contributed by atoms with E-state index in [1.54, 1.807) is 6.20 Å². The van der Waals surface area contributed by atoms with Crippen LogP contribution in [-0.4, -0.2) is 28.0 Å². The highest BCUT2D eigenvalue weighted by Crippen LogP contribution is 2.12. The van der Waals surface area contributed by atoms with E-state index in [9.17, 15) is 0 Å². The van der Waals surface area contributed by atoms with Gasteiger partial charge in [-0.05, 0) is 31.4 Å². The molecule has 0 spiro atoms. The summed E-state index contributed by atoms with van der Waals surface area (Å²) in [6.45, 7) is 5.90. The lowest BCUT2D eigenvalue weighted by Crippen LogP contribution is -2.10. The van der Waals surface area contributed by atoms with Crippen molar-refractivity contribution in [3.63, 3.8) is 0 Å². The first-order valence-electron chi connectivity index (χ1n) is 7.56. The van der Waals surface area contributed by atoms with Crippen molar-refractivity contribution in [3.05, 3.63) is 42.0 Å². The van der Waals surface area contributed by atoms with Crippen LogP contribution in [0.1, 0.15) is 31.7 Å². The van der Waals surface area contributed by atoms with Gasteiger partial charge in [-0.1, -0.05) is 13.0 Å². The number of hydrogen-bond acceptors (Lipinski definition) is 5. The van der Waals surface area contributed by atoms with Crippen molar-refractivity contribution < 1.29 is 0 Å². The van der Waals surface area contributed by atoms with E-state index in [2.05, 4.69) is 45.5 Å². The zero-order valence-corrected chi connectivity index (χ0v) is 12.8. The molecule has 0 amide bonds. The van der Waals surface area contributed by atoms with Crippen LogP contribution < -0.4 is 10.6 Å². The van der Waals surface area contributed by atoms with Crippen molar-refractivity contribution in [2.45, 2.75) is 33.1 Å². The smallest absolute Gasteiger partial charge is 0.133 e. The average molecular weight is 285 g/mol. The van der Waals surface area contributed by atoms with Gasteiger partial charge in [-0.2, -0.15) is 0 Å². The molecule has 0 unspecified atom stereocenters. The van der Waals surface area contributed by atoms with E-state index in [1.807, 2.05) is 18.3 Å². The SMILES string of the molecule is CCCc1nc(NCC)cc(NCCc2cccnc2)n1. The van der Waals surface area contributed by atoms with Crippen molar-refractivity contribution >= 4 is 11.6 Å². The maximum absolute atomic E-state index is 4.56. The lowest BCUT2D eigenvalue weighted by Gasteiger charge is -2.10. The third kappa shape index (κ3) is 5.02. The topological polar surface area (TPSA) is 62.7 Å². The zero-order valence-electron chi connectivity index (χ0n) is 12.8. The monoisotopic (exact) mass is 285 g/mol. The quantitative estimate of drug-likeness (QED) is 0.781. The summed E-state index contributed by atoms with van der Waals surface area (Å²) in [4.78, 5) is 13.2. The van der Waals surface area contributed by atoms with Crippen LogP contribution >= 0.6 is 0 Å². The van der Waals surface area contributed by atoms with Gasteiger partial charge in [-0.25, -0.2) is 9.97 Å². The van der Waals surface area contributed by atoms with E-state index in [1.165, 1.54) is 5.56 Å². The van der Waals surface area contributed by atoms with Gasteiger partial charge in [0, 0.05) is 38.0 Å². The molecule has 2 rings (SSSR count). The van der Waals surface area contributed by atoms with E-state index in [4.69, 9.17) is 0 Å². The first-order chi connectivity index (χ1) is 10.3. The molecule has 0 aliphatic carbocycles. The molecule has 0 atom stereocenters. The van der Waals surface area contributed by atoms with Crippen LogP contribution in [0.15, 0.2) is 30.6 Å².